The Hall–Kier alpha value is -3.38. The fourth-order valence-electron chi connectivity index (χ4n) is 2.62. The zero-order valence-electron chi connectivity index (χ0n) is 14.4. The molecule has 27 heavy (non-hydrogen) atoms. The van der Waals surface area contributed by atoms with Crippen LogP contribution in [0.25, 0.3) is 0 Å². The van der Waals surface area contributed by atoms with Crippen molar-refractivity contribution in [3.63, 3.8) is 0 Å². The first-order valence-corrected chi connectivity index (χ1v) is 9.62. The average molecular weight is 383 g/mol. The van der Waals surface area contributed by atoms with Gasteiger partial charge in [-0.05, 0) is 24.1 Å². The molecule has 2 aromatic rings. The first kappa shape index (κ1) is 18.4. The Morgan fingerprint density at radius 3 is 2.67 bits per heavy atom. The minimum atomic E-state index is -3.93. The molecule has 1 aliphatic heterocycles. The summed E-state index contributed by atoms with van der Waals surface area (Å²) in [5.41, 5.74) is 1.16. The predicted octanol–water partition coefficient (Wildman–Crippen LogP) is 2.47. The van der Waals surface area contributed by atoms with E-state index in [1.807, 2.05) is 43.3 Å². The Morgan fingerprint density at radius 1 is 1.26 bits per heavy atom. The number of amidine groups is 2. The molecular weight excluding hydrogens is 366 g/mol. The Bertz CT molecular complexity index is 1060. The maximum absolute atomic E-state index is 11.9. The van der Waals surface area contributed by atoms with E-state index in [4.69, 9.17) is 5.26 Å². The number of rotatable bonds is 4. The molecule has 0 saturated heterocycles. The maximum Gasteiger partial charge on any atom is 0.345 e. The number of aliphatic imine (C=N–C) groups is 1. The predicted molar refractivity (Wildman–Crippen MR) is 103 cm³/mol. The second-order valence-electron chi connectivity index (χ2n) is 5.77. The Morgan fingerprint density at radius 2 is 2.00 bits per heavy atom. The zero-order chi connectivity index (χ0) is 19.4. The molecule has 0 amide bonds. The number of para-hydroxylation sites is 1. The summed E-state index contributed by atoms with van der Waals surface area (Å²) in [5, 5.41) is 21.9. The van der Waals surface area contributed by atoms with Crippen molar-refractivity contribution in [1.29, 1.82) is 5.26 Å². The van der Waals surface area contributed by atoms with Gasteiger partial charge in [-0.3, -0.25) is 4.99 Å². The minimum Gasteiger partial charge on any atom is -0.504 e. The van der Waals surface area contributed by atoms with Crippen LogP contribution in [0.5, 0.6) is 5.75 Å². The Kier molecular flexibility index (Phi) is 5.09. The summed E-state index contributed by atoms with van der Waals surface area (Å²) in [4.78, 5) is 4.50. The Balaban J connectivity index is 1.97. The second-order valence-corrected chi connectivity index (χ2v) is 7.10. The van der Waals surface area contributed by atoms with E-state index in [-0.39, 0.29) is 34.7 Å². The minimum absolute atomic E-state index is 0.0465. The molecule has 1 aliphatic rings. The molecule has 1 atom stereocenters. The first-order valence-electron chi connectivity index (χ1n) is 8.18. The van der Waals surface area contributed by atoms with Gasteiger partial charge in [-0.1, -0.05) is 43.3 Å². The molecule has 0 radical (unpaired) electrons. The number of nitrogens with zero attached hydrogens (tertiary/aromatic N) is 3. The molecule has 0 fully saturated rings. The highest BCUT2D eigenvalue weighted by Crippen LogP contribution is 2.28. The Labute approximate surface area is 157 Å². The van der Waals surface area contributed by atoms with E-state index in [0.717, 1.165) is 5.56 Å². The van der Waals surface area contributed by atoms with Gasteiger partial charge in [-0.15, -0.1) is 4.40 Å². The van der Waals surface area contributed by atoms with Gasteiger partial charge in [0.1, 0.15) is 6.07 Å². The molecule has 2 aromatic carbocycles. The second kappa shape index (κ2) is 7.47. The first-order chi connectivity index (χ1) is 12.9. The lowest BCUT2D eigenvalue weighted by molar-refractivity contribution is 0.476. The molecule has 9 heteroatoms. The van der Waals surface area contributed by atoms with E-state index in [0.29, 0.717) is 6.42 Å². The maximum atomic E-state index is 11.9. The summed E-state index contributed by atoms with van der Waals surface area (Å²) >= 11 is 0. The molecule has 138 valence electrons. The third-order valence-electron chi connectivity index (χ3n) is 3.93. The van der Waals surface area contributed by atoms with E-state index in [9.17, 15) is 13.5 Å². The van der Waals surface area contributed by atoms with E-state index in [2.05, 4.69) is 19.4 Å². The van der Waals surface area contributed by atoms with Gasteiger partial charge in [0.2, 0.25) is 0 Å². The number of aromatic hydroxyl groups is 1. The van der Waals surface area contributed by atoms with Crippen LogP contribution in [0.15, 0.2) is 57.9 Å². The van der Waals surface area contributed by atoms with Gasteiger partial charge in [-0.2, -0.15) is 13.7 Å². The fraction of sp³-hybridized carbons (Fsp3) is 0.167. The van der Waals surface area contributed by atoms with Crippen molar-refractivity contribution in [2.24, 2.45) is 9.39 Å². The van der Waals surface area contributed by atoms with Crippen molar-refractivity contribution in [3.05, 3.63) is 59.7 Å². The van der Waals surface area contributed by atoms with Crippen molar-refractivity contribution in [1.82, 2.24) is 4.72 Å². The molecule has 0 bridgehead atoms. The number of hydrogen-bond donors (Lipinski definition) is 3. The van der Waals surface area contributed by atoms with Crippen LogP contribution in [-0.2, 0) is 10.2 Å². The topological polar surface area (TPSA) is 127 Å². The van der Waals surface area contributed by atoms with Crippen LogP contribution in [-0.4, -0.2) is 25.2 Å². The zero-order valence-corrected chi connectivity index (χ0v) is 15.2. The average Bonchev–Trinajstić information content (AvgIpc) is 2.95. The van der Waals surface area contributed by atoms with Crippen molar-refractivity contribution < 1.29 is 13.5 Å². The molecule has 3 rings (SSSR count). The van der Waals surface area contributed by atoms with Crippen molar-refractivity contribution in [3.8, 4) is 11.8 Å². The molecule has 0 aromatic heterocycles. The molecule has 3 N–H and O–H groups in total. The van der Waals surface area contributed by atoms with E-state index in [1.165, 1.54) is 12.1 Å². The van der Waals surface area contributed by atoms with Crippen molar-refractivity contribution >= 4 is 27.6 Å². The number of phenols is 1. The SMILES string of the molecule is CC[C@@H](N=C1NS(=O)(=O)N=C1Nc1cccc(C#N)c1O)c1ccccc1. The third-order valence-corrected chi connectivity index (χ3v) is 4.80. The van der Waals surface area contributed by atoms with Gasteiger partial charge in [-0.25, -0.2) is 4.72 Å². The van der Waals surface area contributed by atoms with Crippen LogP contribution in [0.3, 0.4) is 0 Å². The summed E-state index contributed by atoms with van der Waals surface area (Å²) < 4.78 is 29.8. The normalized spacial score (nSPS) is 17.6. The molecular formula is C18H17N5O3S. The third kappa shape index (κ3) is 4.07. The largest absolute Gasteiger partial charge is 0.504 e. The monoisotopic (exact) mass is 383 g/mol. The number of phenolic OH excluding ortho intramolecular Hbond substituents is 1. The van der Waals surface area contributed by atoms with Gasteiger partial charge < -0.3 is 10.4 Å². The van der Waals surface area contributed by atoms with Crippen LogP contribution >= 0.6 is 0 Å². The summed E-state index contributed by atoms with van der Waals surface area (Å²) in [6, 6.07) is 15.6. The molecule has 0 aliphatic carbocycles. The van der Waals surface area contributed by atoms with Crippen LogP contribution < -0.4 is 10.0 Å². The highest BCUT2D eigenvalue weighted by atomic mass is 32.2. The lowest BCUT2D eigenvalue weighted by Gasteiger charge is -2.13. The lowest BCUT2D eigenvalue weighted by atomic mass is 10.1. The van der Waals surface area contributed by atoms with E-state index < -0.39 is 10.2 Å². The van der Waals surface area contributed by atoms with Crippen LogP contribution in [0.4, 0.5) is 5.69 Å². The lowest BCUT2D eigenvalue weighted by Crippen LogP contribution is -2.31. The van der Waals surface area contributed by atoms with Crippen LogP contribution in [0, 0.1) is 11.3 Å². The number of benzene rings is 2. The van der Waals surface area contributed by atoms with Gasteiger partial charge >= 0.3 is 10.2 Å². The summed E-state index contributed by atoms with van der Waals surface area (Å²) in [7, 11) is -3.93. The van der Waals surface area contributed by atoms with Gasteiger partial charge in [0.05, 0.1) is 17.3 Å². The number of hydrogen-bond acceptors (Lipinski definition) is 6. The molecule has 1 heterocycles. The number of anilines is 1. The van der Waals surface area contributed by atoms with Gasteiger partial charge in [0, 0.05) is 0 Å². The highest BCUT2D eigenvalue weighted by molar-refractivity contribution is 7.89. The standard InChI is InChI=1S/C18H17N5O3S/c1-2-14(12-7-4-3-5-8-12)20-17-18(23-27(25,26)22-17)21-15-10-6-9-13(11-19)16(15)24/h3-10,14,24H,2H2,1H3,(H,20,22)(H,21,23)/t14-/m1/s1. The summed E-state index contributed by atoms with van der Waals surface area (Å²) in [5.74, 6) is -0.288. The fourth-order valence-corrected chi connectivity index (χ4v) is 3.43. The van der Waals surface area contributed by atoms with Crippen molar-refractivity contribution in [2.45, 2.75) is 19.4 Å². The van der Waals surface area contributed by atoms with Gasteiger partial charge in [0.15, 0.2) is 17.4 Å². The summed E-state index contributed by atoms with van der Waals surface area (Å²) in [6.45, 7) is 1.94. The number of nitrogens with one attached hydrogen (secondary N) is 2. The molecule has 8 nitrogen and oxygen atoms in total. The highest BCUT2D eigenvalue weighted by Gasteiger charge is 2.28. The molecule has 0 spiro atoms. The molecule has 0 unspecified atom stereocenters. The van der Waals surface area contributed by atoms with Crippen molar-refractivity contribution in [2.75, 3.05) is 5.32 Å². The quantitative estimate of drug-likeness (QED) is 0.699. The number of nitriles is 1. The van der Waals surface area contributed by atoms with Crippen LogP contribution in [0.2, 0.25) is 0 Å². The van der Waals surface area contributed by atoms with E-state index >= 15 is 0 Å². The summed E-state index contributed by atoms with van der Waals surface area (Å²) in [6.07, 6.45) is 0.650. The van der Waals surface area contributed by atoms with E-state index in [1.54, 1.807) is 6.07 Å². The van der Waals surface area contributed by atoms with Crippen LogP contribution in [0.1, 0.15) is 30.5 Å². The molecule has 0 saturated carbocycles. The smallest absolute Gasteiger partial charge is 0.345 e. The van der Waals surface area contributed by atoms with Gasteiger partial charge in [0.25, 0.3) is 0 Å².